The number of aromatic nitrogens is 2. The van der Waals surface area contributed by atoms with Gasteiger partial charge in [-0.05, 0) is 24.6 Å². The van der Waals surface area contributed by atoms with Crippen molar-refractivity contribution in [3.8, 4) is 5.75 Å². The number of nitrogens with zero attached hydrogens (tertiary/aromatic N) is 2. The van der Waals surface area contributed by atoms with Crippen LogP contribution < -0.4 is 4.74 Å². The predicted molar refractivity (Wildman–Crippen MR) is 75.7 cm³/mol. The predicted octanol–water partition coefficient (Wildman–Crippen LogP) is 3.34. The Bertz CT molecular complexity index is 627. The Morgan fingerprint density at radius 3 is 2.95 bits per heavy atom. The number of benzene rings is 1. The second kappa shape index (κ2) is 7.08. The minimum absolute atomic E-state index is 0.0886. The van der Waals surface area contributed by atoms with Gasteiger partial charge in [-0.25, -0.2) is 4.79 Å². The van der Waals surface area contributed by atoms with E-state index in [9.17, 15) is 4.79 Å². The second-order valence-corrected chi connectivity index (χ2v) is 4.85. The van der Waals surface area contributed by atoms with Crippen molar-refractivity contribution < 1.29 is 19.2 Å². The number of unbranched alkanes of at least 4 members (excludes halogenated alkanes) is 1. The summed E-state index contributed by atoms with van der Waals surface area (Å²) in [5.41, 5.74) is 0.104. The van der Waals surface area contributed by atoms with Crippen LogP contribution in [0.15, 0.2) is 22.7 Å². The number of ether oxygens (including phenoxy) is 1. The first-order chi connectivity index (χ1) is 10.1. The van der Waals surface area contributed by atoms with Crippen molar-refractivity contribution in [2.24, 2.45) is 0 Å². The number of carbonyl (C=O) groups is 1. The molecule has 6 nitrogen and oxygen atoms in total. The summed E-state index contributed by atoms with van der Waals surface area (Å²) in [6, 6.07) is 4.25. The third kappa shape index (κ3) is 4.19. The van der Waals surface area contributed by atoms with Crippen molar-refractivity contribution >= 4 is 17.6 Å². The Kier molecular flexibility index (Phi) is 5.16. The van der Waals surface area contributed by atoms with Crippen molar-refractivity contribution in [2.45, 2.75) is 32.8 Å². The Balaban J connectivity index is 1.96. The fraction of sp³-hybridized carbons (Fsp3) is 0.357. The number of hydrogen-bond acceptors (Lipinski definition) is 5. The quantitative estimate of drug-likeness (QED) is 0.844. The highest BCUT2D eigenvalue weighted by Crippen LogP contribution is 2.26. The molecule has 1 heterocycles. The standard InChI is InChI=1S/C14H15ClN2O4/c1-2-3-4-12-16-13(21-17-12)8-20-11-6-5-9(14(18)19)7-10(11)15/h5-7H,2-4,8H2,1H3,(H,18,19). The van der Waals surface area contributed by atoms with Gasteiger partial charge in [-0.3, -0.25) is 0 Å². The molecule has 2 rings (SSSR count). The van der Waals surface area contributed by atoms with E-state index in [0.717, 1.165) is 19.3 Å². The Morgan fingerprint density at radius 1 is 1.48 bits per heavy atom. The van der Waals surface area contributed by atoms with Gasteiger partial charge in [0.2, 0.25) is 0 Å². The van der Waals surface area contributed by atoms with Gasteiger partial charge in [0.1, 0.15) is 5.75 Å². The molecule has 0 aliphatic rings. The highest BCUT2D eigenvalue weighted by molar-refractivity contribution is 6.32. The minimum atomic E-state index is -1.04. The van der Waals surface area contributed by atoms with Crippen LogP contribution in [0.3, 0.4) is 0 Å². The second-order valence-electron chi connectivity index (χ2n) is 4.45. The molecule has 1 aromatic heterocycles. The molecule has 2 aromatic rings. The summed E-state index contributed by atoms with van der Waals surface area (Å²) >= 11 is 5.96. The summed E-state index contributed by atoms with van der Waals surface area (Å²) < 4.78 is 10.5. The first-order valence-electron chi connectivity index (χ1n) is 6.57. The molecule has 0 radical (unpaired) electrons. The molecule has 0 unspecified atom stereocenters. The lowest BCUT2D eigenvalue weighted by atomic mass is 10.2. The van der Waals surface area contributed by atoms with E-state index >= 15 is 0 Å². The molecule has 112 valence electrons. The number of aryl methyl sites for hydroxylation is 1. The molecule has 0 fully saturated rings. The minimum Gasteiger partial charge on any atom is -0.482 e. The van der Waals surface area contributed by atoms with E-state index in [1.54, 1.807) is 0 Å². The van der Waals surface area contributed by atoms with E-state index in [4.69, 9.17) is 26.0 Å². The summed E-state index contributed by atoms with van der Waals surface area (Å²) in [5.74, 6) is 0.346. The topological polar surface area (TPSA) is 85.5 Å². The van der Waals surface area contributed by atoms with Crippen LogP contribution in [0.4, 0.5) is 0 Å². The van der Waals surface area contributed by atoms with Gasteiger partial charge in [0, 0.05) is 6.42 Å². The van der Waals surface area contributed by atoms with E-state index in [0.29, 0.717) is 17.5 Å². The number of carboxylic acid groups (broad SMARTS) is 1. The maximum absolute atomic E-state index is 10.8. The van der Waals surface area contributed by atoms with Gasteiger partial charge >= 0.3 is 5.97 Å². The maximum Gasteiger partial charge on any atom is 0.335 e. The van der Waals surface area contributed by atoms with Crippen LogP contribution >= 0.6 is 11.6 Å². The van der Waals surface area contributed by atoms with Crippen LogP contribution in [0, 0.1) is 0 Å². The molecular formula is C14H15ClN2O4. The van der Waals surface area contributed by atoms with Crippen LogP contribution in [0.25, 0.3) is 0 Å². The molecule has 0 saturated carbocycles. The van der Waals surface area contributed by atoms with E-state index in [-0.39, 0.29) is 17.2 Å². The number of rotatable bonds is 7. The van der Waals surface area contributed by atoms with E-state index < -0.39 is 5.97 Å². The molecule has 0 amide bonds. The third-order valence-electron chi connectivity index (χ3n) is 2.79. The average Bonchev–Trinajstić information content (AvgIpc) is 2.91. The highest BCUT2D eigenvalue weighted by atomic mass is 35.5. The number of halogens is 1. The van der Waals surface area contributed by atoms with Gasteiger partial charge in [-0.2, -0.15) is 4.98 Å². The Morgan fingerprint density at radius 2 is 2.29 bits per heavy atom. The van der Waals surface area contributed by atoms with E-state index in [1.165, 1.54) is 18.2 Å². The zero-order valence-corrected chi connectivity index (χ0v) is 12.3. The monoisotopic (exact) mass is 310 g/mol. The first kappa shape index (κ1) is 15.3. The molecule has 21 heavy (non-hydrogen) atoms. The van der Waals surface area contributed by atoms with Gasteiger partial charge in [-0.1, -0.05) is 30.1 Å². The first-order valence-corrected chi connectivity index (χ1v) is 6.95. The van der Waals surface area contributed by atoms with Crippen molar-refractivity contribution in [3.05, 3.63) is 40.5 Å². The molecule has 1 aromatic carbocycles. The van der Waals surface area contributed by atoms with Crippen molar-refractivity contribution in [3.63, 3.8) is 0 Å². The number of aromatic carboxylic acids is 1. The van der Waals surface area contributed by atoms with Crippen molar-refractivity contribution in [1.82, 2.24) is 10.1 Å². The average molecular weight is 311 g/mol. The zero-order valence-electron chi connectivity index (χ0n) is 11.5. The summed E-state index contributed by atoms with van der Waals surface area (Å²) in [7, 11) is 0. The van der Waals surface area contributed by atoms with Crippen LogP contribution in [0.2, 0.25) is 5.02 Å². The zero-order chi connectivity index (χ0) is 15.2. The Hall–Kier alpha value is -2.08. The van der Waals surface area contributed by atoms with E-state index in [1.807, 2.05) is 0 Å². The molecular weight excluding hydrogens is 296 g/mol. The van der Waals surface area contributed by atoms with Gasteiger partial charge < -0.3 is 14.4 Å². The summed E-state index contributed by atoms with van der Waals surface area (Å²) in [5, 5.41) is 12.9. The van der Waals surface area contributed by atoms with Gasteiger partial charge in [0.15, 0.2) is 12.4 Å². The largest absolute Gasteiger partial charge is 0.482 e. The molecule has 0 spiro atoms. The van der Waals surface area contributed by atoms with Gasteiger partial charge in [0.25, 0.3) is 5.89 Å². The van der Waals surface area contributed by atoms with Crippen molar-refractivity contribution in [1.29, 1.82) is 0 Å². The van der Waals surface area contributed by atoms with Crippen LogP contribution in [0.1, 0.15) is 41.8 Å². The van der Waals surface area contributed by atoms with Crippen LogP contribution in [-0.2, 0) is 13.0 Å². The molecule has 0 atom stereocenters. The summed E-state index contributed by atoms with van der Waals surface area (Å²) in [4.78, 5) is 15.0. The van der Waals surface area contributed by atoms with E-state index in [2.05, 4.69) is 17.1 Å². The normalized spacial score (nSPS) is 10.6. The molecule has 0 aliphatic carbocycles. The summed E-state index contributed by atoms with van der Waals surface area (Å²) in [6.07, 6.45) is 2.84. The summed E-state index contributed by atoms with van der Waals surface area (Å²) in [6.45, 7) is 2.18. The highest BCUT2D eigenvalue weighted by Gasteiger charge is 2.10. The fourth-order valence-corrected chi connectivity index (χ4v) is 1.91. The molecule has 7 heteroatoms. The lowest BCUT2D eigenvalue weighted by molar-refractivity contribution is 0.0697. The van der Waals surface area contributed by atoms with Crippen molar-refractivity contribution in [2.75, 3.05) is 0 Å². The lowest BCUT2D eigenvalue weighted by Gasteiger charge is -2.06. The maximum atomic E-state index is 10.8. The lowest BCUT2D eigenvalue weighted by Crippen LogP contribution is -1.99. The third-order valence-corrected chi connectivity index (χ3v) is 3.09. The van der Waals surface area contributed by atoms with Gasteiger partial charge in [0.05, 0.1) is 10.6 Å². The molecule has 0 saturated heterocycles. The molecule has 0 bridgehead atoms. The number of hydrogen-bond donors (Lipinski definition) is 1. The SMILES string of the molecule is CCCCc1noc(COc2ccc(C(=O)O)cc2Cl)n1. The van der Waals surface area contributed by atoms with Crippen LogP contribution in [-0.4, -0.2) is 21.2 Å². The Labute approximate surface area is 126 Å². The van der Waals surface area contributed by atoms with Crippen LogP contribution in [0.5, 0.6) is 5.75 Å². The smallest absolute Gasteiger partial charge is 0.335 e. The molecule has 0 aliphatic heterocycles. The van der Waals surface area contributed by atoms with Gasteiger partial charge in [-0.15, -0.1) is 0 Å². The fourth-order valence-electron chi connectivity index (χ4n) is 1.68. The molecule has 1 N–H and O–H groups in total. The number of carboxylic acids is 1.